The van der Waals surface area contributed by atoms with Crippen molar-refractivity contribution in [2.24, 2.45) is 0 Å². The Hall–Kier alpha value is -3.22. The molecule has 1 aliphatic rings. The Balaban J connectivity index is 1.84. The van der Waals surface area contributed by atoms with Crippen LogP contribution >= 0.6 is 0 Å². The predicted octanol–water partition coefficient (Wildman–Crippen LogP) is 2.00. The highest BCUT2D eigenvalue weighted by Crippen LogP contribution is 2.32. The van der Waals surface area contributed by atoms with Crippen LogP contribution in [-0.2, 0) is 14.8 Å². The zero-order valence-corrected chi connectivity index (χ0v) is 20.2. The van der Waals surface area contributed by atoms with Crippen molar-refractivity contribution in [3.8, 4) is 5.75 Å². The molecule has 2 aromatic carbocycles. The number of piperazine rings is 1. The zero-order chi connectivity index (χ0) is 24.9. The van der Waals surface area contributed by atoms with Crippen LogP contribution in [0.1, 0.15) is 6.92 Å². The first-order valence-corrected chi connectivity index (χ1v) is 12.3. The second-order valence-corrected chi connectivity index (χ2v) is 9.82. The summed E-state index contributed by atoms with van der Waals surface area (Å²) in [4.78, 5) is 27.3. The van der Waals surface area contributed by atoms with Crippen LogP contribution in [0.2, 0.25) is 0 Å². The molecule has 1 heterocycles. The number of sulfonamides is 1. The smallest absolute Gasteiger partial charge is 0.293 e. The normalized spacial score (nSPS) is 15.0. The van der Waals surface area contributed by atoms with E-state index in [1.54, 1.807) is 31.2 Å². The highest BCUT2D eigenvalue weighted by molar-refractivity contribution is 7.89. The molecule has 1 aliphatic heterocycles. The van der Waals surface area contributed by atoms with Gasteiger partial charge >= 0.3 is 0 Å². The Kier molecular flexibility index (Phi) is 8.07. The number of likely N-dealkylation sites (N-methyl/N-ethyl adjacent to an activating group) is 2. The van der Waals surface area contributed by atoms with Crippen molar-refractivity contribution in [1.29, 1.82) is 0 Å². The maximum Gasteiger partial charge on any atom is 0.293 e. The highest BCUT2D eigenvalue weighted by atomic mass is 32.2. The molecule has 0 unspecified atom stereocenters. The molecule has 0 spiro atoms. The van der Waals surface area contributed by atoms with Gasteiger partial charge < -0.3 is 19.9 Å². The highest BCUT2D eigenvalue weighted by Gasteiger charge is 2.30. The molecular weight excluding hydrogens is 462 g/mol. The number of methoxy groups -OCH3 is 1. The predicted molar refractivity (Wildman–Crippen MR) is 129 cm³/mol. The van der Waals surface area contributed by atoms with Gasteiger partial charge in [0.05, 0.1) is 29.2 Å². The van der Waals surface area contributed by atoms with Crippen LogP contribution in [0, 0.1) is 10.1 Å². The number of hydrogen-bond donors (Lipinski definition) is 1. The van der Waals surface area contributed by atoms with Crippen LogP contribution in [0.15, 0.2) is 47.4 Å². The molecule has 0 atom stereocenters. The van der Waals surface area contributed by atoms with E-state index >= 15 is 0 Å². The van der Waals surface area contributed by atoms with Crippen LogP contribution < -0.4 is 15.0 Å². The lowest BCUT2D eigenvalue weighted by Crippen LogP contribution is -2.47. The Bertz CT molecular complexity index is 1150. The van der Waals surface area contributed by atoms with Gasteiger partial charge in [-0.15, -0.1) is 0 Å². The Morgan fingerprint density at radius 2 is 1.85 bits per heavy atom. The minimum absolute atomic E-state index is 0.137. The van der Waals surface area contributed by atoms with Crippen molar-refractivity contribution in [2.75, 3.05) is 63.6 Å². The number of carbonyl (C=O) groups is 1. The molecule has 3 rings (SSSR count). The third-order valence-electron chi connectivity index (χ3n) is 5.68. The maximum absolute atomic E-state index is 13.1. The topological polar surface area (TPSA) is 125 Å². The molecular formula is C22H29N5O6S. The number of carbonyl (C=O) groups excluding carboxylic acids is 1. The number of rotatable bonds is 9. The van der Waals surface area contributed by atoms with Crippen LogP contribution in [0.4, 0.5) is 17.1 Å². The van der Waals surface area contributed by atoms with Gasteiger partial charge in [-0.25, -0.2) is 8.42 Å². The summed E-state index contributed by atoms with van der Waals surface area (Å²) in [6.07, 6.45) is 0. The van der Waals surface area contributed by atoms with E-state index in [2.05, 4.69) is 5.32 Å². The van der Waals surface area contributed by atoms with E-state index in [0.29, 0.717) is 44.2 Å². The zero-order valence-electron chi connectivity index (χ0n) is 19.4. The van der Waals surface area contributed by atoms with Crippen molar-refractivity contribution in [3.05, 3.63) is 52.6 Å². The molecule has 1 saturated heterocycles. The number of para-hydroxylation sites is 2. The monoisotopic (exact) mass is 491 g/mol. The van der Waals surface area contributed by atoms with Crippen LogP contribution in [0.25, 0.3) is 0 Å². The summed E-state index contributed by atoms with van der Waals surface area (Å²) >= 11 is 0. The molecule has 0 aliphatic carbocycles. The van der Waals surface area contributed by atoms with Gasteiger partial charge in [0.15, 0.2) is 0 Å². The van der Waals surface area contributed by atoms with Crippen LogP contribution in [0.5, 0.6) is 5.75 Å². The lowest BCUT2D eigenvalue weighted by molar-refractivity contribution is -0.384. The largest absolute Gasteiger partial charge is 0.495 e. The fourth-order valence-corrected chi connectivity index (χ4v) is 5.18. The molecule has 0 aromatic heterocycles. The van der Waals surface area contributed by atoms with Crippen molar-refractivity contribution >= 4 is 33.0 Å². The van der Waals surface area contributed by atoms with Crippen molar-refractivity contribution in [2.45, 2.75) is 11.8 Å². The van der Waals surface area contributed by atoms with E-state index in [4.69, 9.17) is 4.74 Å². The molecule has 12 heteroatoms. The fraction of sp³-hybridized carbons (Fsp3) is 0.409. The number of amides is 1. The molecule has 0 bridgehead atoms. The summed E-state index contributed by atoms with van der Waals surface area (Å²) in [6, 6.07) is 10.7. The van der Waals surface area contributed by atoms with E-state index < -0.39 is 20.9 Å². The molecule has 1 N–H and O–H groups in total. The van der Waals surface area contributed by atoms with E-state index in [-0.39, 0.29) is 22.8 Å². The first kappa shape index (κ1) is 25.4. The SMILES string of the molecule is CCN(CC(=O)Nc1ccccc1OC)c1ccc(S(=O)(=O)N2CCN(C)CC2)cc1[N+](=O)[O-]. The molecule has 184 valence electrons. The summed E-state index contributed by atoms with van der Waals surface area (Å²) in [7, 11) is -0.471. The van der Waals surface area contributed by atoms with Crippen molar-refractivity contribution < 1.29 is 22.9 Å². The number of hydrogen-bond acceptors (Lipinski definition) is 8. The number of nitrogens with one attached hydrogen (secondary N) is 1. The molecule has 1 amide bonds. The number of nitro benzene ring substituents is 1. The van der Waals surface area contributed by atoms with E-state index in [1.807, 2.05) is 11.9 Å². The first-order valence-electron chi connectivity index (χ1n) is 10.8. The summed E-state index contributed by atoms with van der Waals surface area (Å²) in [5, 5.41) is 14.6. The lowest BCUT2D eigenvalue weighted by Gasteiger charge is -2.31. The van der Waals surface area contributed by atoms with Gasteiger partial charge in [0.2, 0.25) is 15.9 Å². The number of nitrogens with zero attached hydrogens (tertiary/aromatic N) is 4. The standard InChI is InChI=1S/C22H29N5O6S/c1-4-25(16-22(28)23-18-7-5-6-8-21(18)33-3)19-10-9-17(15-20(19)27(29)30)34(31,32)26-13-11-24(2)12-14-26/h5-10,15H,4,11-14,16H2,1-3H3,(H,23,28). The van der Waals surface area contributed by atoms with Gasteiger partial charge in [0.1, 0.15) is 11.4 Å². The third kappa shape index (κ3) is 5.64. The van der Waals surface area contributed by atoms with Gasteiger partial charge in [-0.05, 0) is 38.2 Å². The fourth-order valence-electron chi connectivity index (χ4n) is 3.73. The number of ether oxygens (including phenoxy) is 1. The van der Waals surface area contributed by atoms with E-state index in [1.165, 1.54) is 28.4 Å². The second-order valence-electron chi connectivity index (χ2n) is 7.88. The van der Waals surface area contributed by atoms with Gasteiger partial charge in [-0.1, -0.05) is 12.1 Å². The van der Waals surface area contributed by atoms with Gasteiger partial charge in [0, 0.05) is 38.8 Å². The van der Waals surface area contributed by atoms with Gasteiger partial charge in [-0.2, -0.15) is 4.31 Å². The van der Waals surface area contributed by atoms with Crippen LogP contribution in [-0.4, -0.2) is 81.9 Å². The Labute approximate surface area is 199 Å². The third-order valence-corrected chi connectivity index (χ3v) is 7.58. The van der Waals surface area contributed by atoms with Gasteiger partial charge in [0.25, 0.3) is 5.69 Å². The first-order chi connectivity index (χ1) is 16.2. The quantitative estimate of drug-likeness (QED) is 0.417. The Morgan fingerprint density at radius 3 is 2.47 bits per heavy atom. The minimum Gasteiger partial charge on any atom is -0.495 e. The van der Waals surface area contributed by atoms with Crippen LogP contribution in [0.3, 0.4) is 0 Å². The Morgan fingerprint density at radius 1 is 1.18 bits per heavy atom. The second kappa shape index (κ2) is 10.8. The summed E-state index contributed by atoms with van der Waals surface area (Å²) in [5.74, 6) is 0.0955. The summed E-state index contributed by atoms with van der Waals surface area (Å²) in [5.41, 5.74) is 0.274. The summed E-state index contributed by atoms with van der Waals surface area (Å²) < 4.78 is 32.7. The molecule has 34 heavy (non-hydrogen) atoms. The molecule has 0 saturated carbocycles. The summed E-state index contributed by atoms with van der Waals surface area (Å²) in [6.45, 7) is 3.70. The molecule has 2 aromatic rings. The average molecular weight is 492 g/mol. The molecule has 11 nitrogen and oxygen atoms in total. The maximum atomic E-state index is 13.1. The van der Waals surface area contributed by atoms with Gasteiger partial charge in [-0.3, -0.25) is 14.9 Å². The lowest BCUT2D eigenvalue weighted by atomic mass is 10.2. The minimum atomic E-state index is -3.87. The number of anilines is 2. The van der Waals surface area contributed by atoms with E-state index in [0.717, 1.165) is 6.07 Å². The molecule has 0 radical (unpaired) electrons. The van der Waals surface area contributed by atoms with Crippen molar-refractivity contribution in [3.63, 3.8) is 0 Å². The van der Waals surface area contributed by atoms with Crippen molar-refractivity contribution in [1.82, 2.24) is 9.21 Å². The number of nitro groups is 1. The average Bonchev–Trinajstić information content (AvgIpc) is 2.82. The number of benzene rings is 2. The van der Waals surface area contributed by atoms with E-state index in [9.17, 15) is 23.3 Å². The molecule has 1 fully saturated rings.